The molecule has 6 heteroatoms. The third kappa shape index (κ3) is 4.06. The van der Waals surface area contributed by atoms with Gasteiger partial charge in [-0.25, -0.2) is 8.42 Å². The lowest BCUT2D eigenvalue weighted by atomic mass is 10.2. The van der Waals surface area contributed by atoms with Gasteiger partial charge in [0.1, 0.15) is 4.90 Å². The zero-order valence-electron chi connectivity index (χ0n) is 11.9. The Morgan fingerprint density at radius 1 is 1.05 bits per heavy atom. The average molecular weight is 369 g/mol. The van der Waals surface area contributed by atoms with Crippen LogP contribution in [0.5, 0.6) is 0 Å². The van der Waals surface area contributed by atoms with Crippen molar-refractivity contribution >= 4 is 31.6 Å². The second-order valence-corrected chi connectivity index (χ2v) is 7.44. The van der Waals surface area contributed by atoms with Crippen LogP contribution < -0.4 is 4.72 Å². The summed E-state index contributed by atoms with van der Waals surface area (Å²) in [5, 5.41) is 0. The molecule has 0 saturated heterocycles. The van der Waals surface area contributed by atoms with Crippen molar-refractivity contribution in [1.29, 1.82) is 0 Å². The molecule has 1 N–H and O–H groups in total. The molecule has 0 radical (unpaired) electrons. The van der Waals surface area contributed by atoms with Crippen LogP contribution in [0.3, 0.4) is 0 Å². The standard InChI is InChI=1S/C15H17BrN2O2S/c1-18(2)11-12-7-3-5-9-14(12)17-21(19,20)15-10-6-4-8-13(15)16/h3-10,17H,11H2,1-2H3. The zero-order chi connectivity index (χ0) is 15.5. The van der Waals surface area contributed by atoms with E-state index in [1.54, 1.807) is 30.3 Å². The van der Waals surface area contributed by atoms with Crippen molar-refractivity contribution in [2.24, 2.45) is 0 Å². The molecule has 4 nitrogen and oxygen atoms in total. The zero-order valence-corrected chi connectivity index (χ0v) is 14.3. The molecule has 0 amide bonds. The van der Waals surface area contributed by atoms with Gasteiger partial charge in [0.25, 0.3) is 10.0 Å². The minimum absolute atomic E-state index is 0.227. The first kappa shape index (κ1) is 16.0. The summed E-state index contributed by atoms with van der Waals surface area (Å²) in [4.78, 5) is 2.22. The first-order chi connectivity index (χ1) is 9.90. The van der Waals surface area contributed by atoms with Gasteiger partial charge < -0.3 is 4.90 Å². The normalized spacial score (nSPS) is 11.6. The monoisotopic (exact) mass is 368 g/mol. The molecule has 0 bridgehead atoms. The molecule has 2 aromatic rings. The van der Waals surface area contributed by atoms with Crippen LogP contribution in [0.25, 0.3) is 0 Å². The number of benzene rings is 2. The summed E-state index contributed by atoms with van der Waals surface area (Å²) in [5.74, 6) is 0. The molecule has 21 heavy (non-hydrogen) atoms. The number of para-hydroxylation sites is 1. The molecule has 0 spiro atoms. The summed E-state index contributed by atoms with van der Waals surface area (Å²) in [7, 11) is 0.269. The quantitative estimate of drug-likeness (QED) is 0.880. The Labute approximate surface area is 134 Å². The summed E-state index contributed by atoms with van der Waals surface area (Å²) < 4.78 is 28.2. The molecule has 0 aromatic heterocycles. The van der Waals surface area contributed by atoms with Crippen molar-refractivity contribution in [3.8, 4) is 0 Å². The first-order valence-corrected chi connectivity index (χ1v) is 8.68. The largest absolute Gasteiger partial charge is 0.305 e. The van der Waals surface area contributed by atoms with Gasteiger partial charge in [-0.05, 0) is 53.8 Å². The van der Waals surface area contributed by atoms with Crippen LogP contribution in [0.4, 0.5) is 5.69 Å². The van der Waals surface area contributed by atoms with Crippen LogP contribution in [0, 0.1) is 0 Å². The highest BCUT2D eigenvalue weighted by molar-refractivity contribution is 9.10. The molecule has 0 heterocycles. The maximum Gasteiger partial charge on any atom is 0.263 e. The summed E-state index contributed by atoms with van der Waals surface area (Å²) in [5.41, 5.74) is 1.53. The lowest BCUT2D eigenvalue weighted by Crippen LogP contribution is -2.17. The fraction of sp³-hybridized carbons (Fsp3) is 0.200. The van der Waals surface area contributed by atoms with Crippen molar-refractivity contribution in [2.75, 3.05) is 18.8 Å². The fourth-order valence-corrected chi connectivity index (χ4v) is 4.07. The number of halogens is 1. The molecule has 0 fully saturated rings. The second kappa shape index (κ2) is 6.60. The summed E-state index contributed by atoms with van der Waals surface area (Å²) in [6, 6.07) is 14.2. The van der Waals surface area contributed by atoms with Crippen LogP contribution in [0.15, 0.2) is 57.9 Å². The maximum absolute atomic E-state index is 12.5. The van der Waals surface area contributed by atoms with Gasteiger partial charge in [-0.15, -0.1) is 0 Å². The third-order valence-corrected chi connectivity index (χ3v) is 5.25. The molecule has 0 aliphatic carbocycles. The van der Waals surface area contributed by atoms with Crippen molar-refractivity contribution in [3.05, 3.63) is 58.6 Å². The lowest BCUT2D eigenvalue weighted by Gasteiger charge is -2.16. The van der Waals surface area contributed by atoms with E-state index in [1.807, 2.05) is 37.2 Å². The topological polar surface area (TPSA) is 49.4 Å². The van der Waals surface area contributed by atoms with E-state index in [2.05, 4.69) is 20.7 Å². The van der Waals surface area contributed by atoms with Gasteiger partial charge in [0.05, 0.1) is 5.69 Å². The van der Waals surface area contributed by atoms with Gasteiger partial charge in [-0.1, -0.05) is 30.3 Å². The van der Waals surface area contributed by atoms with Crippen LogP contribution >= 0.6 is 15.9 Å². The predicted octanol–water partition coefficient (Wildman–Crippen LogP) is 3.31. The van der Waals surface area contributed by atoms with E-state index in [9.17, 15) is 8.42 Å². The van der Waals surface area contributed by atoms with Crippen LogP contribution in [0.1, 0.15) is 5.56 Å². The molecular weight excluding hydrogens is 352 g/mol. The average Bonchev–Trinajstić information content (AvgIpc) is 2.40. The molecule has 2 aromatic carbocycles. The van der Waals surface area contributed by atoms with Gasteiger partial charge in [0.2, 0.25) is 0 Å². The number of nitrogens with one attached hydrogen (secondary N) is 1. The van der Waals surface area contributed by atoms with Crippen molar-refractivity contribution in [3.63, 3.8) is 0 Å². The van der Waals surface area contributed by atoms with E-state index in [1.165, 1.54) is 0 Å². The Balaban J connectivity index is 2.36. The molecule has 0 saturated carbocycles. The van der Waals surface area contributed by atoms with E-state index in [4.69, 9.17) is 0 Å². The van der Waals surface area contributed by atoms with Gasteiger partial charge in [-0.2, -0.15) is 0 Å². The molecular formula is C15H17BrN2O2S. The van der Waals surface area contributed by atoms with E-state index in [-0.39, 0.29) is 4.90 Å². The maximum atomic E-state index is 12.5. The van der Waals surface area contributed by atoms with E-state index >= 15 is 0 Å². The molecule has 0 unspecified atom stereocenters. The van der Waals surface area contributed by atoms with E-state index in [0.717, 1.165) is 5.56 Å². The van der Waals surface area contributed by atoms with Crippen LogP contribution in [-0.2, 0) is 16.6 Å². The summed E-state index contributed by atoms with van der Waals surface area (Å²) >= 11 is 3.28. The van der Waals surface area contributed by atoms with Gasteiger partial charge in [-0.3, -0.25) is 4.72 Å². The Bertz CT molecular complexity index is 730. The van der Waals surface area contributed by atoms with Gasteiger partial charge >= 0.3 is 0 Å². The van der Waals surface area contributed by atoms with Crippen molar-refractivity contribution in [1.82, 2.24) is 4.90 Å². The van der Waals surface area contributed by atoms with Crippen molar-refractivity contribution in [2.45, 2.75) is 11.4 Å². The Hall–Kier alpha value is -1.37. The molecule has 2 rings (SSSR count). The van der Waals surface area contributed by atoms with Crippen LogP contribution in [-0.4, -0.2) is 27.4 Å². The number of hydrogen-bond donors (Lipinski definition) is 1. The number of sulfonamides is 1. The highest BCUT2D eigenvalue weighted by atomic mass is 79.9. The van der Waals surface area contributed by atoms with E-state index < -0.39 is 10.0 Å². The SMILES string of the molecule is CN(C)Cc1ccccc1NS(=O)(=O)c1ccccc1Br. The van der Waals surface area contributed by atoms with E-state index in [0.29, 0.717) is 16.7 Å². The first-order valence-electron chi connectivity index (χ1n) is 6.40. The van der Waals surface area contributed by atoms with Gasteiger partial charge in [0, 0.05) is 11.0 Å². The lowest BCUT2D eigenvalue weighted by molar-refractivity contribution is 0.403. The number of anilines is 1. The Morgan fingerprint density at radius 2 is 1.67 bits per heavy atom. The predicted molar refractivity (Wildman–Crippen MR) is 88.8 cm³/mol. The minimum atomic E-state index is -3.62. The Morgan fingerprint density at radius 3 is 2.33 bits per heavy atom. The Kier molecular flexibility index (Phi) is 5.03. The highest BCUT2D eigenvalue weighted by Gasteiger charge is 2.18. The molecule has 112 valence electrons. The van der Waals surface area contributed by atoms with Crippen LogP contribution in [0.2, 0.25) is 0 Å². The molecule has 0 aliphatic rings. The summed E-state index contributed by atoms with van der Waals surface area (Å²) in [6.07, 6.45) is 0. The smallest absolute Gasteiger partial charge is 0.263 e. The minimum Gasteiger partial charge on any atom is -0.305 e. The molecule has 0 aliphatic heterocycles. The number of rotatable bonds is 5. The molecule has 0 atom stereocenters. The highest BCUT2D eigenvalue weighted by Crippen LogP contribution is 2.25. The van der Waals surface area contributed by atoms with Gasteiger partial charge in [0.15, 0.2) is 0 Å². The summed E-state index contributed by atoms with van der Waals surface area (Å²) in [6.45, 7) is 0.661. The third-order valence-electron chi connectivity index (χ3n) is 2.87. The number of nitrogens with zero attached hydrogens (tertiary/aromatic N) is 1. The second-order valence-electron chi connectivity index (χ2n) is 4.93. The van der Waals surface area contributed by atoms with Crippen molar-refractivity contribution < 1.29 is 8.42 Å². The number of hydrogen-bond acceptors (Lipinski definition) is 3. The fourth-order valence-electron chi connectivity index (χ4n) is 1.96.